The summed E-state index contributed by atoms with van der Waals surface area (Å²) in [4.78, 5) is 9.21. The molecule has 0 radical (unpaired) electrons. The molecule has 0 saturated heterocycles. The van der Waals surface area contributed by atoms with Gasteiger partial charge in [-0.2, -0.15) is 0 Å². The maximum atomic E-state index is 5.50. The normalized spacial score (nSPS) is 12.1. The van der Waals surface area contributed by atoms with Crippen LogP contribution in [-0.4, -0.2) is 71.3 Å². The number of hydrogen-bond donors (Lipinski definition) is 1. The van der Waals surface area contributed by atoms with E-state index in [2.05, 4.69) is 48.3 Å². The van der Waals surface area contributed by atoms with Crippen molar-refractivity contribution in [3.63, 3.8) is 0 Å². The number of nitrogens with one attached hydrogen (secondary N) is 1. The van der Waals surface area contributed by atoms with Crippen LogP contribution < -0.4 is 19.5 Å². The Bertz CT molecular complexity index is 861. The molecule has 2 aromatic rings. The molecule has 0 heterocycles. The smallest absolute Gasteiger partial charge is 0.194 e. The van der Waals surface area contributed by atoms with Gasteiger partial charge in [0.2, 0.25) is 0 Å². The van der Waals surface area contributed by atoms with Gasteiger partial charge in [-0.15, -0.1) is 24.0 Å². The van der Waals surface area contributed by atoms with Gasteiger partial charge in [0.1, 0.15) is 5.75 Å². The molecule has 8 heteroatoms. The van der Waals surface area contributed by atoms with E-state index in [4.69, 9.17) is 19.2 Å². The van der Waals surface area contributed by atoms with Crippen molar-refractivity contribution >= 4 is 29.9 Å². The van der Waals surface area contributed by atoms with Crippen molar-refractivity contribution in [1.82, 2.24) is 15.1 Å². The summed E-state index contributed by atoms with van der Waals surface area (Å²) in [6.07, 6.45) is 0. The average Bonchev–Trinajstić information content (AvgIpc) is 2.78. The van der Waals surface area contributed by atoms with Gasteiger partial charge in [-0.05, 0) is 44.8 Å². The Hall–Kier alpha value is -2.20. The van der Waals surface area contributed by atoms with E-state index < -0.39 is 0 Å². The number of methoxy groups -OCH3 is 3. The summed E-state index contributed by atoms with van der Waals surface area (Å²) in [6.45, 7) is 4.15. The third kappa shape index (κ3) is 7.44. The molecule has 0 amide bonds. The van der Waals surface area contributed by atoms with E-state index in [9.17, 15) is 0 Å². The molecule has 1 N–H and O–H groups in total. The highest BCUT2D eigenvalue weighted by Gasteiger charge is 2.18. The predicted molar refractivity (Wildman–Crippen MR) is 142 cm³/mol. The first kappa shape index (κ1) is 27.8. The van der Waals surface area contributed by atoms with Crippen molar-refractivity contribution in [1.29, 1.82) is 0 Å². The van der Waals surface area contributed by atoms with E-state index in [1.165, 1.54) is 0 Å². The van der Waals surface area contributed by atoms with E-state index in [0.29, 0.717) is 13.1 Å². The Morgan fingerprint density at radius 2 is 1.59 bits per heavy atom. The quantitative estimate of drug-likeness (QED) is 0.271. The van der Waals surface area contributed by atoms with Crippen LogP contribution in [0, 0.1) is 0 Å². The molecule has 1 atom stereocenters. The summed E-state index contributed by atoms with van der Waals surface area (Å²) in [5, 5.41) is 3.40. The van der Waals surface area contributed by atoms with Gasteiger partial charge in [0.05, 0.1) is 33.9 Å². The maximum Gasteiger partial charge on any atom is 0.194 e. The molecule has 0 bridgehead atoms. The largest absolute Gasteiger partial charge is 0.496 e. The highest BCUT2D eigenvalue weighted by Crippen LogP contribution is 2.31. The fourth-order valence-electron chi connectivity index (χ4n) is 3.43. The fourth-order valence-corrected chi connectivity index (χ4v) is 3.43. The minimum atomic E-state index is 0. The predicted octanol–water partition coefficient (Wildman–Crippen LogP) is 4.03. The number of ether oxygens (including phenoxy) is 3. The summed E-state index contributed by atoms with van der Waals surface area (Å²) in [5.74, 6) is 3.16. The molecule has 0 saturated carbocycles. The molecular weight excluding hydrogens is 519 g/mol. The van der Waals surface area contributed by atoms with Gasteiger partial charge in [-0.3, -0.25) is 4.99 Å². The van der Waals surface area contributed by atoms with Gasteiger partial charge >= 0.3 is 0 Å². The van der Waals surface area contributed by atoms with Gasteiger partial charge < -0.3 is 29.3 Å². The van der Waals surface area contributed by atoms with E-state index in [0.717, 1.165) is 40.9 Å². The second-order valence-electron chi connectivity index (χ2n) is 7.46. The number of hydrogen-bond acceptors (Lipinski definition) is 5. The molecule has 178 valence electrons. The summed E-state index contributed by atoms with van der Waals surface area (Å²) < 4.78 is 16.4. The van der Waals surface area contributed by atoms with E-state index in [1.54, 1.807) is 21.3 Å². The third-order valence-electron chi connectivity index (χ3n) is 5.13. The minimum Gasteiger partial charge on any atom is -0.496 e. The molecule has 0 fully saturated rings. The first-order valence-corrected chi connectivity index (χ1v) is 10.4. The highest BCUT2D eigenvalue weighted by molar-refractivity contribution is 14.0. The molecule has 0 spiro atoms. The van der Waals surface area contributed by atoms with Gasteiger partial charge in [0.15, 0.2) is 17.5 Å². The van der Waals surface area contributed by atoms with E-state index >= 15 is 0 Å². The number of para-hydroxylation sites is 1. The summed E-state index contributed by atoms with van der Waals surface area (Å²) in [7, 11) is 11.1. The first-order valence-electron chi connectivity index (χ1n) is 10.4. The second kappa shape index (κ2) is 14.1. The van der Waals surface area contributed by atoms with Gasteiger partial charge in [0, 0.05) is 25.7 Å². The lowest BCUT2D eigenvalue weighted by Crippen LogP contribution is -2.39. The number of benzene rings is 2. The fraction of sp³-hybridized carbons (Fsp3) is 0.458. The van der Waals surface area contributed by atoms with Crippen LogP contribution >= 0.6 is 24.0 Å². The van der Waals surface area contributed by atoms with Crippen LogP contribution in [0.2, 0.25) is 0 Å². The SMILES string of the molecule is CCNC(=NCC(c1ccc(OC)c(OC)c1)N(C)C)N(C)Cc1ccccc1OC.I. The van der Waals surface area contributed by atoms with Crippen LogP contribution in [0.3, 0.4) is 0 Å². The van der Waals surface area contributed by atoms with Crippen LogP contribution in [-0.2, 0) is 6.54 Å². The third-order valence-corrected chi connectivity index (χ3v) is 5.13. The standard InChI is InChI=1S/C24H36N4O3.HI/c1-8-25-24(28(4)17-19-11-9-10-12-21(19)29-5)26-16-20(27(2)3)18-13-14-22(30-6)23(15-18)31-7;/h9-15,20H,8,16-17H2,1-7H3,(H,25,26);1H. The number of aliphatic imine (C=N–C) groups is 1. The zero-order chi connectivity index (χ0) is 22.8. The molecule has 2 rings (SSSR count). The molecule has 0 aromatic heterocycles. The van der Waals surface area contributed by atoms with Gasteiger partial charge in [-0.1, -0.05) is 24.3 Å². The number of likely N-dealkylation sites (N-methyl/N-ethyl adjacent to an activating group) is 1. The highest BCUT2D eigenvalue weighted by atomic mass is 127. The van der Waals surface area contributed by atoms with Gasteiger partial charge in [0.25, 0.3) is 0 Å². The van der Waals surface area contributed by atoms with E-state index in [-0.39, 0.29) is 30.0 Å². The monoisotopic (exact) mass is 556 g/mol. The second-order valence-corrected chi connectivity index (χ2v) is 7.46. The van der Waals surface area contributed by atoms with E-state index in [1.807, 2.05) is 37.4 Å². The van der Waals surface area contributed by atoms with Crippen LogP contribution in [0.4, 0.5) is 0 Å². The molecule has 2 aromatic carbocycles. The Balaban J connectivity index is 0.00000512. The Kier molecular flexibility index (Phi) is 12.2. The van der Waals surface area contributed by atoms with Crippen molar-refractivity contribution in [2.75, 3.05) is 55.6 Å². The Morgan fingerprint density at radius 3 is 2.19 bits per heavy atom. The van der Waals surface area contributed by atoms with Crippen molar-refractivity contribution in [2.24, 2.45) is 4.99 Å². The number of rotatable bonds is 10. The van der Waals surface area contributed by atoms with Crippen molar-refractivity contribution in [3.05, 3.63) is 53.6 Å². The van der Waals surface area contributed by atoms with Crippen LogP contribution in [0.5, 0.6) is 17.2 Å². The zero-order valence-electron chi connectivity index (χ0n) is 20.2. The van der Waals surface area contributed by atoms with Gasteiger partial charge in [-0.25, -0.2) is 0 Å². The number of halogens is 1. The summed E-state index contributed by atoms with van der Waals surface area (Å²) >= 11 is 0. The molecular formula is C24H37IN4O3. The molecule has 0 aliphatic rings. The van der Waals surface area contributed by atoms with Crippen molar-refractivity contribution in [3.8, 4) is 17.2 Å². The van der Waals surface area contributed by atoms with Crippen LogP contribution in [0.1, 0.15) is 24.1 Å². The lowest BCUT2D eigenvalue weighted by Gasteiger charge is -2.27. The maximum absolute atomic E-state index is 5.50. The Morgan fingerprint density at radius 1 is 0.938 bits per heavy atom. The zero-order valence-corrected chi connectivity index (χ0v) is 22.5. The lowest BCUT2D eigenvalue weighted by atomic mass is 10.1. The number of nitrogens with zero attached hydrogens (tertiary/aromatic N) is 3. The number of guanidine groups is 1. The average molecular weight is 556 g/mol. The van der Waals surface area contributed by atoms with Crippen molar-refractivity contribution in [2.45, 2.75) is 19.5 Å². The lowest BCUT2D eigenvalue weighted by molar-refractivity contribution is 0.302. The van der Waals surface area contributed by atoms with Crippen LogP contribution in [0.15, 0.2) is 47.5 Å². The summed E-state index contributed by atoms with van der Waals surface area (Å²) in [6, 6.07) is 14.2. The topological polar surface area (TPSA) is 58.6 Å². The minimum absolute atomic E-state index is 0. The molecule has 32 heavy (non-hydrogen) atoms. The van der Waals surface area contributed by atoms with Crippen molar-refractivity contribution < 1.29 is 14.2 Å². The molecule has 0 aliphatic heterocycles. The summed E-state index contributed by atoms with van der Waals surface area (Å²) in [5.41, 5.74) is 2.23. The molecule has 1 unspecified atom stereocenters. The molecule has 7 nitrogen and oxygen atoms in total. The van der Waals surface area contributed by atoms with Crippen LogP contribution in [0.25, 0.3) is 0 Å². The Labute approximate surface area is 209 Å². The molecule has 0 aliphatic carbocycles. The first-order chi connectivity index (χ1) is 14.9.